The third-order valence-electron chi connectivity index (χ3n) is 3.89. The van der Waals surface area contributed by atoms with Crippen LogP contribution >= 0.6 is 12.2 Å². The summed E-state index contributed by atoms with van der Waals surface area (Å²) in [7, 11) is 0. The number of benzene rings is 1. The maximum Gasteiger partial charge on any atom is 0.348 e. The van der Waals surface area contributed by atoms with Gasteiger partial charge < -0.3 is 4.90 Å². The molecular formula is C13H12N4OS. The molecule has 0 aliphatic carbocycles. The Kier molecular flexibility index (Phi) is 2.17. The lowest BCUT2D eigenvalue weighted by molar-refractivity contribution is 0.390. The number of fused-ring (bicyclic) bond motifs is 5. The molecule has 0 spiro atoms. The number of nitrogens with one attached hydrogen (secondary N) is 1. The van der Waals surface area contributed by atoms with Crippen molar-refractivity contribution in [2.24, 2.45) is 0 Å². The van der Waals surface area contributed by atoms with Crippen LogP contribution in [0.2, 0.25) is 0 Å². The lowest BCUT2D eigenvalue weighted by Crippen LogP contribution is -2.29. The van der Waals surface area contributed by atoms with Gasteiger partial charge in [-0.25, -0.2) is 14.5 Å². The largest absolute Gasteiger partial charge is 0.352 e. The van der Waals surface area contributed by atoms with Crippen molar-refractivity contribution < 1.29 is 0 Å². The molecular weight excluding hydrogens is 260 g/mol. The van der Waals surface area contributed by atoms with Crippen molar-refractivity contribution >= 4 is 17.2 Å². The van der Waals surface area contributed by atoms with Crippen LogP contribution in [0.25, 0.3) is 5.69 Å². The van der Waals surface area contributed by atoms with Crippen LogP contribution in [0, 0.1) is 0 Å². The molecule has 1 atom stereocenters. The van der Waals surface area contributed by atoms with Crippen LogP contribution in [0.1, 0.15) is 30.3 Å². The van der Waals surface area contributed by atoms with Gasteiger partial charge in [-0.15, -0.1) is 0 Å². The average molecular weight is 272 g/mol. The molecule has 0 amide bonds. The molecule has 96 valence electrons. The van der Waals surface area contributed by atoms with Crippen LogP contribution in [0.3, 0.4) is 0 Å². The number of hydrogen-bond donors (Lipinski definition) is 1. The van der Waals surface area contributed by atoms with Crippen molar-refractivity contribution in [3.63, 3.8) is 0 Å². The third-order valence-corrected chi connectivity index (χ3v) is 4.34. The Balaban J connectivity index is 2.09. The highest BCUT2D eigenvalue weighted by atomic mass is 32.1. The van der Waals surface area contributed by atoms with E-state index in [1.807, 2.05) is 24.3 Å². The first kappa shape index (κ1) is 10.9. The minimum atomic E-state index is -0.195. The number of thiocarbonyl (C=S) groups is 1. The predicted molar refractivity (Wildman–Crippen MR) is 74.6 cm³/mol. The zero-order valence-corrected chi connectivity index (χ0v) is 11.0. The van der Waals surface area contributed by atoms with Gasteiger partial charge in [0, 0.05) is 12.1 Å². The summed E-state index contributed by atoms with van der Waals surface area (Å²) >= 11 is 5.61. The topological polar surface area (TPSA) is 53.9 Å². The van der Waals surface area contributed by atoms with Crippen molar-refractivity contribution in [1.82, 2.24) is 19.7 Å². The summed E-state index contributed by atoms with van der Waals surface area (Å²) in [6, 6.07) is 7.87. The summed E-state index contributed by atoms with van der Waals surface area (Å²) in [5, 5.41) is 6.78. The maximum absolute atomic E-state index is 12.1. The van der Waals surface area contributed by atoms with E-state index in [1.165, 1.54) is 0 Å². The molecule has 1 saturated heterocycles. The molecule has 0 radical (unpaired) electrons. The summed E-state index contributed by atoms with van der Waals surface area (Å²) in [5.41, 5.74) is 1.57. The van der Waals surface area contributed by atoms with Gasteiger partial charge in [0.2, 0.25) is 0 Å². The second-order valence-corrected chi connectivity index (χ2v) is 5.28. The zero-order valence-electron chi connectivity index (χ0n) is 10.2. The van der Waals surface area contributed by atoms with E-state index in [2.05, 4.69) is 15.1 Å². The zero-order chi connectivity index (χ0) is 13.0. The summed E-state index contributed by atoms with van der Waals surface area (Å²) in [4.78, 5) is 15.1. The van der Waals surface area contributed by atoms with Crippen LogP contribution in [0.5, 0.6) is 0 Å². The van der Waals surface area contributed by atoms with Gasteiger partial charge in [-0.05, 0) is 25.0 Å². The molecule has 1 aromatic heterocycles. The highest BCUT2D eigenvalue weighted by Gasteiger charge is 2.36. The Hall–Kier alpha value is -1.95. The average Bonchev–Trinajstić information content (AvgIpc) is 3.02. The lowest BCUT2D eigenvalue weighted by Gasteiger charge is -2.23. The number of hydrogen-bond acceptors (Lipinski definition) is 3. The molecule has 2 aliphatic heterocycles. The minimum Gasteiger partial charge on any atom is -0.352 e. The van der Waals surface area contributed by atoms with E-state index >= 15 is 0 Å². The molecule has 6 heteroatoms. The molecule has 1 N–H and O–H groups in total. The number of aromatic amines is 1. The fraction of sp³-hybridized carbons (Fsp3) is 0.308. The minimum absolute atomic E-state index is 0.110. The van der Waals surface area contributed by atoms with E-state index in [0.717, 1.165) is 41.5 Å². The van der Waals surface area contributed by atoms with Crippen LogP contribution in [-0.4, -0.2) is 31.2 Å². The molecule has 1 fully saturated rings. The normalized spacial score (nSPS) is 20.7. The van der Waals surface area contributed by atoms with Crippen LogP contribution in [-0.2, 0) is 0 Å². The van der Waals surface area contributed by atoms with Crippen molar-refractivity contribution in [1.29, 1.82) is 0 Å². The summed E-state index contributed by atoms with van der Waals surface area (Å²) in [5.74, 6) is 0.773. The number of para-hydroxylation sites is 1. The Morgan fingerprint density at radius 1 is 1.37 bits per heavy atom. The van der Waals surface area contributed by atoms with Gasteiger partial charge in [0.25, 0.3) is 0 Å². The third kappa shape index (κ3) is 1.37. The van der Waals surface area contributed by atoms with E-state index in [-0.39, 0.29) is 11.7 Å². The van der Waals surface area contributed by atoms with Gasteiger partial charge in [0.15, 0.2) is 5.82 Å². The molecule has 0 bridgehead atoms. The SMILES string of the molecule is O=c1[nH]nc2n1-c1ccccc1C(=S)N1CCCC21. The first-order valence-corrected chi connectivity index (χ1v) is 6.76. The second kappa shape index (κ2) is 3.77. The molecule has 0 saturated carbocycles. The van der Waals surface area contributed by atoms with Gasteiger partial charge in [0.05, 0.1) is 11.7 Å². The van der Waals surface area contributed by atoms with Gasteiger partial charge >= 0.3 is 5.69 Å². The van der Waals surface area contributed by atoms with E-state index < -0.39 is 0 Å². The summed E-state index contributed by atoms with van der Waals surface area (Å²) in [6.45, 7) is 0.929. The second-order valence-electron chi connectivity index (χ2n) is 4.90. The number of nitrogens with zero attached hydrogens (tertiary/aromatic N) is 3. The van der Waals surface area contributed by atoms with E-state index in [4.69, 9.17) is 12.2 Å². The van der Waals surface area contributed by atoms with Crippen molar-refractivity contribution in [3.8, 4) is 5.69 Å². The molecule has 2 aliphatic rings. The molecule has 1 aromatic carbocycles. The number of aromatic nitrogens is 3. The summed E-state index contributed by atoms with van der Waals surface area (Å²) in [6.07, 6.45) is 2.06. The van der Waals surface area contributed by atoms with Gasteiger partial charge in [0.1, 0.15) is 4.99 Å². The Labute approximate surface area is 114 Å². The van der Waals surface area contributed by atoms with Gasteiger partial charge in [-0.2, -0.15) is 5.10 Å². The van der Waals surface area contributed by atoms with Crippen molar-refractivity contribution in [3.05, 3.63) is 46.1 Å². The molecule has 1 unspecified atom stereocenters. The Bertz CT molecular complexity index is 732. The quantitative estimate of drug-likeness (QED) is 0.736. The Morgan fingerprint density at radius 2 is 2.21 bits per heavy atom. The molecule has 19 heavy (non-hydrogen) atoms. The smallest absolute Gasteiger partial charge is 0.348 e. The standard InChI is InChI=1S/C13H12N4OS/c18-13-15-14-11-10-6-3-7-16(10)12(19)8-4-1-2-5-9(8)17(11)13/h1-2,4-5,10H,3,6-7H2,(H,15,18). The molecule has 2 aromatic rings. The summed E-state index contributed by atoms with van der Waals surface area (Å²) < 4.78 is 1.66. The fourth-order valence-electron chi connectivity index (χ4n) is 3.05. The predicted octanol–water partition coefficient (Wildman–Crippen LogP) is 1.39. The van der Waals surface area contributed by atoms with E-state index in [9.17, 15) is 4.79 Å². The number of rotatable bonds is 0. The highest BCUT2D eigenvalue weighted by Crippen LogP contribution is 2.36. The molecule has 3 heterocycles. The first-order chi connectivity index (χ1) is 9.27. The van der Waals surface area contributed by atoms with E-state index in [0.29, 0.717) is 0 Å². The van der Waals surface area contributed by atoms with Crippen LogP contribution in [0.4, 0.5) is 0 Å². The van der Waals surface area contributed by atoms with Crippen LogP contribution in [0.15, 0.2) is 29.1 Å². The van der Waals surface area contributed by atoms with Crippen molar-refractivity contribution in [2.45, 2.75) is 18.9 Å². The maximum atomic E-state index is 12.1. The van der Waals surface area contributed by atoms with E-state index in [1.54, 1.807) is 4.57 Å². The first-order valence-electron chi connectivity index (χ1n) is 6.35. The van der Waals surface area contributed by atoms with Gasteiger partial charge in [-0.3, -0.25) is 0 Å². The lowest BCUT2D eigenvalue weighted by atomic mass is 10.1. The van der Waals surface area contributed by atoms with Crippen LogP contribution < -0.4 is 5.69 Å². The highest BCUT2D eigenvalue weighted by molar-refractivity contribution is 7.80. The monoisotopic (exact) mass is 272 g/mol. The Morgan fingerprint density at radius 3 is 3.11 bits per heavy atom. The number of H-pyrrole nitrogens is 1. The fourth-order valence-corrected chi connectivity index (χ4v) is 3.44. The molecule has 5 nitrogen and oxygen atoms in total. The van der Waals surface area contributed by atoms with Gasteiger partial charge in [-0.1, -0.05) is 24.4 Å². The molecule has 4 rings (SSSR count). The van der Waals surface area contributed by atoms with Crippen molar-refractivity contribution in [2.75, 3.05) is 6.54 Å².